The molecule has 0 amide bonds. The van der Waals surface area contributed by atoms with Crippen LogP contribution in [0.3, 0.4) is 0 Å². The summed E-state index contributed by atoms with van der Waals surface area (Å²) in [5.41, 5.74) is 0. The van der Waals surface area contributed by atoms with Crippen LogP contribution in [0.5, 0.6) is 0 Å². The van der Waals surface area contributed by atoms with Gasteiger partial charge in [-0.3, -0.25) is 9.59 Å². The molecule has 0 bridgehead atoms. The zero-order valence-corrected chi connectivity index (χ0v) is 20.8. The van der Waals surface area contributed by atoms with Crippen LogP contribution in [0, 0.1) is 0 Å². The summed E-state index contributed by atoms with van der Waals surface area (Å²) in [6.07, 6.45) is 28.8. The standard InChI is InChI=1S/C28H54O2/c1-3-5-7-9-10-11-12-13-14-15-16-17-18-19-21-23-25-28(30)26-27(29)24-22-20-8-6-4-2/h3-26H2,1-2H3. The summed E-state index contributed by atoms with van der Waals surface area (Å²) in [4.78, 5) is 23.8. The smallest absolute Gasteiger partial charge is 0.140 e. The molecule has 2 nitrogen and oxygen atoms in total. The normalized spacial score (nSPS) is 11.1. The number of rotatable bonds is 25. The van der Waals surface area contributed by atoms with E-state index in [0.29, 0.717) is 12.8 Å². The highest BCUT2D eigenvalue weighted by Crippen LogP contribution is 2.14. The Bertz CT molecular complexity index is 375. The van der Waals surface area contributed by atoms with Crippen molar-refractivity contribution in [1.82, 2.24) is 0 Å². The molecule has 30 heavy (non-hydrogen) atoms. The number of ketones is 2. The molecule has 178 valence electrons. The predicted molar refractivity (Wildman–Crippen MR) is 132 cm³/mol. The van der Waals surface area contributed by atoms with Crippen LogP contribution in [0.4, 0.5) is 0 Å². The summed E-state index contributed by atoms with van der Waals surface area (Å²) >= 11 is 0. The second-order valence-corrected chi connectivity index (χ2v) is 9.47. The monoisotopic (exact) mass is 422 g/mol. The van der Waals surface area contributed by atoms with E-state index in [1.54, 1.807) is 0 Å². The molecule has 0 radical (unpaired) electrons. The van der Waals surface area contributed by atoms with Crippen LogP contribution in [0.2, 0.25) is 0 Å². The van der Waals surface area contributed by atoms with Gasteiger partial charge in [-0.05, 0) is 12.8 Å². The van der Waals surface area contributed by atoms with Gasteiger partial charge in [-0.25, -0.2) is 0 Å². The Morgan fingerprint density at radius 1 is 0.367 bits per heavy atom. The van der Waals surface area contributed by atoms with Gasteiger partial charge in [-0.1, -0.05) is 136 Å². The van der Waals surface area contributed by atoms with E-state index in [9.17, 15) is 9.59 Å². The molecule has 0 N–H and O–H groups in total. The van der Waals surface area contributed by atoms with E-state index < -0.39 is 0 Å². The SMILES string of the molecule is CCCCCCCCCCCCCCCCCCC(=O)CC(=O)CCCCCCC. The van der Waals surface area contributed by atoms with Crippen molar-refractivity contribution in [3.8, 4) is 0 Å². The number of hydrogen-bond acceptors (Lipinski definition) is 2. The molecule has 0 saturated carbocycles. The first-order valence-corrected chi connectivity index (χ1v) is 13.7. The zero-order valence-electron chi connectivity index (χ0n) is 20.8. The van der Waals surface area contributed by atoms with Gasteiger partial charge in [0.05, 0.1) is 6.42 Å². The fourth-order valence-corrected chi connectivity index (χ4v) is 4.19. The molecular weight excluding hydrogens is 368 g/mol. The summed E-state index contributed by atoms with van der Waals surface area (Å²) < 4.78 is 0. The molecule has 0 saturated heterocycles. The van der Waals surface area contributed by atoms with E-state index in [-0.39, 0.29) is 18.0 Å². The highest BCUT2D eigenvalue weighted by Gasteiger charge is 2.09. The Kier molecular flexibility index (Phi) is 24.1. The van der Waals surface area contributed by atoms with Crippen LogP contribution >= 0.6 is 0 Å². The van der Waals surface area contributed by atoms with Crippen LogP contribution < -0.4 is 0 Å². The summed E-state index contributed by atoms with van der Waals surface area (Å²) in [5.74, 6) is 0.326. The van der Waals surface area contributed by atoms with Gasteiger partial charge in [-0.15, -0.1) is 0 Å². The average Bonchev–Trinajstić information content (AvgIpc) is 2.73. The third-order valence-electron chi connectivity index (χ3n) is 6.26. The van der Waals surface area contributed by atoms with Gasteiger partial charge in [0.25, 0.3) is 0 Å². The lowest BCUT2D eigenvalue weighted by atomic mass is 10.0. The van der Waals surface area contributed by atoms with Crippen molar-refractivity contribution in [3.05, 3.63) is 0 Å². The Hall–Kier alpha value is -0.660. The summed E-state index contributed by atoms with van der Waals surface area (Å²) in [6.45, 7) is 4.48. The average molecular weight is 423 g/mol. The lowest BCUT2D eigenvalue weighted by Gasteiger charge is -2.04. The quantitative estimate of drug-likeness (QED) is 0.108. The lowest BCUT2D eigenvalue weighted by Crippen LogP contribution is -2.07. The van der Waals surface area contributed by atoms with Crippen molar-refractivity contribution in [3.63, 3.8) is 0 Å². The molecule has 2 heteroatoms. The molecule has 0 atom stereocenters. The zero-order chi connectivity index (χ0) is 22.1. The van der Waals surface area contributed by atoms with E-state index in [0.717, 1.165) is 25.7 Å². The van der Waals surface area contributed by atoms with Gasteiger partial charge < -0.3 is 0 Å². The molecule has 0 fully saturated rings. The van der Waals surface area contributed by atoms with Crippen molar-refractivity contribution in [2.75, 3.05) is 0 Å². The lowest BCUT2D eigenvalue weighted by molar-refractivity contribution is -0.127. The Balaban J connectivity index is 3.24. The van der Waals surface area contributed by atoms with Gasteiger partial charge in [0.2, 0.25) is 0 Å². The van der Waals surface area contributed by atoms with Gasteiger partial charge in [-0.2, -0.15) is 0 Å². The first kappa shape index (κ1) is 29.3. The minimum Gasteiger partial charge on any atom is -0.299 e. The van der Waals surface area contributed by atoms with Crippen LogP contribution in [0.25, 0.3) is 0 Å². The molecule has 0 aliphatic heterocycles. The summed E-state index contributed by atoms with van der Waals surface area (Å²) in [7, 11) is 0. The first-order valence-electron chi connectivity index (χ1n) is 13.7. The fraction of sp³-hybridized carbons (Fsp3) is 0.929. The van der Waals surface area contributed by atoms with Gasteiger partial charge in [0.1, 0.15) is 11.6 Å². The van der Waals surface area contributed by atoms with Crippen LogP contribution in [-0.4, -0.2) is 11.6 Å². The van der Waals surface area contributed by atoms with E-state index in [2.05, 4.69) is 13.8 Å². The van der Waals surface area contributed by atoms with Crippen molar-refractivity contribution in [2.45, 2.75) is 168 Å². The van der Waals surface area contributed by atoms with E-state index in [1.165, 1.54) is 109 Å². The Morgan fingerprint density at radius 3 is 0.867 bits per heavy atom. The predicted octanol–water partition coefficient (Wildman–Crippen LogP) is 9.53. The third kappa shape index (κ3) is 23.6. The van der Waals surface area contributed by atoms with E-state index in [4.69, 9.17) is 0 Å². The van der Waals surface area contributed by atoms with Crippen molar-refractivity contribution in [1.29, 1.82) is 0 Å². The number of Topliss-reactive ketones (excluding diaryl/α,β-unsaturated/α-hetero) is 2. The van der Waals surface area contributed by atoms with Gasteiger partial charge in [0, 0.05) is 12.8 Å². The van der Waals surface area contributed by atoms with E-state index in [1.807, 2.05) is 0 Å². The van der Waals surface area contributed by atoms with Crippen LogP contribution in [0.15, 0.2) is 0 Å². The fourth-order valence-electron chi connectivity index (χ4n) is 4.19. The number of carbonyl (C=O) groups is 2. The molecule has 0 unspecified atom stereocenters. The Labute approximate surface area is 189 Å². The van der Waals surface area contributed by atoms with Crippen LogP contribution in [0.1, 0.15) is 168 Å². The minimum absolute atomic E-state index is 0.160. The third-order valence-corrected chi connectivity index (χ3v) is 6.26. The van der Waals surface area contributed by atoms with Gasteiger partial charge in [0.15, 0.2) is 0 Å². The molecular formula is C28H54O2. The molecule has 0 aromatic carbocycles. The highest BCUT2D eigenvalue weighted by molar-refractivity contribution is 5.98. The maximum absolute atomic E-state index is 11.9. The summed E-state index contributed by atoms with van der Waals surface area (Å²) in [5, 5.41) is 0. The second kappa shape index (κ2) is 24.6. The minimum atomic E-state index is 0.160. The highest BCUT2D eigenvalue weighted by atomic mass is 16.1. The maximum atomic E-state index is 11.9. The largest absolute Gasteiger partial charge is 0.299 e. The number of hydrogen-bond donors (Lipinski definition) is 0. The van der Waals surface area contributed by atoms with Crippen molar-refractivity contribution < 1.29 is 9.59 Å². The van der Waals surface area contributed by atoms with Crippen molar-refractivity contribution in [2.24, 2.45) is 0 Å². The molecule has 0 aromatic heterocycles. The maximum Gasteiger partial charge on any atom is 0.140 e. The second-order valence-electron chi connectivity index (χ2n) is 9.47. The molecule has 0 aliphatic rings. The van der Waals surface area contributed by atoms with Crippen LogP contribution in [-0.2, 0) is 9.59 Å². The van der Waals surface area contributed by atoms with Crippen molar-refractivity contribution >= 4 is 11.6 Å². The topological polar surface area (TPSA) is 34.1 Å². The number of unbranched alkanes of at least 4 members (excludes halogenated alkanes) is 19. The Morgan fingerprint density at radius 2 is 0.600 bits per heavy atom. The molecule has 0 heterocycles. The van der Waals surface area contributed by atoms with Gasteiger partial charge >= 0.3 is 0 Å². The molecule has 0 aromatic rings. The molecule has 0 spiro atoms. The summed E-state index contributed by atoms with van der Waals surface area (Å²) in [6, 6.07) is 0. The first-order chi connectivity index (χ1) is 14.7. The number of carbonyl (C=O) groups excluding carboxylic acids is 2. The molecule has 0 rings (SSSR count). The van der Waals surface area contributed by atoms with E-state index >= 15 is 0 Å². The molecule has 0 aliphatic carbocycles.